The van der Waals surface area contributed by atoms with Crippen molar-refractivity contribution in [3.8, 4) is 0 Å². The number of alkyl halides is 3. The zero-order valence-corrected chi connectivity index (χ0v) is 89.6. The number of fused-ring (bicyclic) bond motifs is 4. The number of cyclic esters (lactones) is 2. The summed E-state index contributed by atoms with van der Waals surface area (Å²) in [6.07, 6.45) is 20.9. The maximum atomic E-state index is 12.4. The van der Waals surface area contributed by atoms with Crippen molar-refractivity contribution in [1.82, 2.24) is 35.1 Å². The van der Waals surface area contributed by atoms with Gasteiger partial charge in [0.15, 0.2) is 18.2 Å². The summed E-state index contributed by atoms with van der Waals surface area (Å²) in [4.78, 5) is 120. The van der Waals surface area contributed by atoms with Crippen LogP contribution in [0.4, 0.5) is 13.2 Å². The molecular formula is C77H125BF3N7O19SY6-6. The van der Waals surface area contributed by atoms with Crippen LogP contribution in [0.3, 0.4) is 0 Å². The number of carboxylic acid groups (broad SMARTS) is 2. The molecule has 10 atom stereocenters. The molecule has 636 valence electrons. The number of methoxy groups -OCH3 is 2. The van der Waals surface area contributed by atoms with Gasteiger partial charge in [0.1, 0.15) is 19.7 Å². The number of likely N-dealkylation sites (tertiary alicyclic amines) is 1. The molecule has 114 heavy (non-hydrogen) atoms. The van der Waals surface area contributed by atoms with E-state index in [1.165, 1.54) is 26.0 Å². The zero-order chi connectivity index (χ0) is 83.3. The minimum Gasteiger partial charge on any atom is -0.481 e. The molecule has 0 aliphatic carbocycles. The summed E-state index contributed by atoms with van der Waals surface area (Å²) in [5, 5.41) is 22.0. The molecule has 37 heteroatoms. The maximum Gasteiger partial charge on any atom is 0.534 e. The van der Waals surface area contributed by atoms with Gasteiger partial charge in [0.25, 0.3) is 5.91 Å². The summed E-state index contributed by atoms with van der Waals surface area (Å²) in [5.74, 6) is -2.26. The molecule has 0 bridgehead atoms. The quantitative estimate of drug-likeness (QED) is 0.0284. The minimum absolute atomic E-state index is 0. The summed E-state index contributed by atoms with van der Waals surface area (Å²) in [5.41, 5.74) is -6.93. The third-order valence-corrected chi connectivity index (χ3v) is 21.5. The zero-order valence-electron chi connectivity index (χ0n) is 71.7. The Morgan fingerprint density at radius 3 is 1.56 bits per heavy atom. The number of hydrogen-bond donors (Lipinski definition) is 4. The molecule has 4 N–H and O–H groups in total. The van der Waals surface area contributed by atoms with Gasteiger partial charge in [-0.25, -0.2) is 4.79 Å². The number of nitrogens with one attached hydrogen (secondary N) is 2. The van der Waals surface area contributed by atoms with Gasteiger partial charge in [-0.15, -0.1) is 65.0 Å². The van der Waals surface area contributed by atoms with Crippen LogP contribution in [0.2, 0.25) is 0 Å². The van der Waals surface area contributed by atoms with Crippen LogP contribution in [0.1, 0.15) is 229 Å². The van der Waals surface area contributed by atoms with Crippen LogP contribution < -0.4 is 10.6 Å². The third kappa shape index (κ3) is 31.2. The Morgan fingerprint density at radius 1 is 0.649 bits per heavy atom. The molecule has 1 unspecified atom stereocenters. The van der Waals surface area contributed by atoms with Gasteiger partial charge in [0, 0.05) is 243 Å². The molecule has 11 aliphatic heterocycles. The number of carboxylic acids is 2. The van der Waals surface area contributed by atoms with Crippen LogP contribution in [-0.2, 0) is 277 Å². The number of aliphatic carboxylic acids is 2. The number of esters is 4. The van der Waals surface area contributed by atoms with Crippen molar-refractivity contribution in [2.45, 2.75) is 287 Å². The van der Waals surface area contributed by atoms with Gasteiger partial charge >= 0.3 is 51.4 Å². The predicted molar refractivity (Wildman–Crippen MR) is 403 cm³/mol. The molecule has 0 saturated carbocycles. The monoisotopic (exact) mass is 2090 g/mol. The van der Waals surface area contributed by atoms with Crippen molar-refractivity contribution in [1.29, 1.82) is 0 Å². The van der Waals surface area contributed by atoms with Crippen LogP contribution in [0.15, 0.2) is 22.5 Å². The second-order valence-electron chi connectivity index (χ2n) is 31.3. The number of halogens is 3. The third-order valence-electron chi connectivity index (χ3n) is 20.5. The van der Waals surface area contributed by atoms with Crippen LogP contribution in [0, 0.1) is 60.7 Å². The number of nitrogens with zero attached hydrogens (tertiary/aromatic N) is 5. The molecule has 0 aromatic heterocycles. The molecule has 8 radical (unpaired) electrons. The molecule has 11 heterocycles. The molecule has 0 spiro atoms. The smallest absolute Gasteiger partial charge is 0.481 e. The fourth-order valence-corrected chi connectivity index (χ4v) is 14.7. The van der Waals surface area contributed by atoms with E-state index in [9.17, 15) is 69.5 Å². The molecule has 26 nitrogen and oxygen atoms in total. The van der Waals surface area contributed by atoms with Crippen molar-refractivity contribution in [3.63, 3.8) is 0 Å². The number of aldehydes is 1. The molecule has 3 amide bonds. The normalized spacial score (nSPS) is 27.2. The van der Waals surface area contributed by atoms with Gasteiger partial charge in [0.2, 0.25) is 11.8 Å². The van der Waals surface area contributed by atoms with Crippen LogP contribution in [0.25, 0.3) is 0 Å². The van der Waals surface area contributed by atoms with Gasteiger partial charge in [-0.2, -0.15) is 34.4 Å². The number of ether oxygens (including phenoxy) is 4. The number of carbonyl (C=O) groups is 10. The first-order valence-electron chi connectivity index (χ1n) is 37.5. The topological polar surface area (TPSA) is 332 Å². The molecule has 0 aromatic rings. The second kappa shape index (κ2) is 53.7. The van der Waals surface area contributed by atoms with Crippen molar-refractivity contribution in [2.75, 3.05) is 60.0 Å². The SMILES string of the molecule is CC.CC(C)(C)C=O.CC(C)(C)[C@H]1OC(=O)[C@@H]2C[CH-]CN21.CCC(=O)N1C[CH-]C[C@@]1(CC)C(=O)OC.CCC(=O)O.CC[C@@]1(C(=O)OC)C[CH-]CN1.CC[C@@]12C[CH-]CN1C(=O)C(C)=C2OS(=O)(=O)C(F)(F)F.CC[C@@]12C[CH-]CN1[C@@H](C(C)(C)C)OC2=O.O=C(O)[C@@H]1C[CH-]CN1.[B][C@@]12CC(C)CN1C(=O)C(C)=C2C.[Y].[Y].[Y].[Y].[Y].[Y]. The predicted octanol–water partition coefficient (Wildman–Crippen LogP) is 9.98. The minimum atomic E-state index is -5.78. The standard InChI is InChI=1S/C12H20NO2.C11H13F3NO4S.C11H18NO3.C10H14BNO.C10H16NO2.C8H14NO2.C5H8NO2.C5H10O.C3H6O2.C2H6.6Y/c1-5-12-7-6-8-13(12)9(11(2,3)4)15-10(12)14;1-3-10-5-4-6-15(10)9(16)7(2)8(10)19-20(17,18)11(12,13)14;1-4-9(13)12-8-6-7-11(12,5-2)10(14)15-3;1-6-4-10(11)8(3)7(2)9(13)12(10)5-6;1-10(2,3)9-11-6-4-5-7(11)8(12)13-9;1-3-8(7(10)11-2)5-4-6-9-8;7-5(8)4-2-1-3-6-4;1-5(2,3)4-6;1-2-3(4)5;1-2;;;;;;/h6,9H,5,7-8H2,1-4H3;4H,3,5-6H2,1-2H3;6H,4-5,7-8H2,1-3H3;6H,4-5H2,1-3H3;4,7,9H,5-6H2,1-3H3;4,9H,3,5-6H2,1-2H3;1,4,6H,2-3H2,(H,7,8);4H,1-3H3;2H2,1H3,(H,4,5);1-2H3;;;;;;/q3*-1;;3*-1;;;;;;;;;/t9-,12+;10-;11-;6?,10-;7-,9+;8-;4-;;;;;;;;;/m1000000........./s1. The van der Waals surface area contributed by atoms with Crippen LogP contribution >= 0.6 is 0 Å². The molecule has 11 rings (SSSR count). The van der Waals surface area contributed by atoms with Crippen molar-refractivity contribution >= 4 is 77.8 Å². The Bertz CT molecular complexity index is 3300. The molecule has 11 aliphatic rings. The van der Waals surface area contributed by atoms with E-state index in [0.29, 0.717) is 38.1 Å². The van der Waals surface area contributed by atoms with Crippen molar-refractivity contribution in [2.24, 2.45) is 22.2 Å². The van der Waals surface area contributed by atoms with Gasteiger partial charge in [-0.3, -0.25) is 48.2 Å². The fourth-order valence-electron chi connectivity index (χ4n) is 14.2. The van der Waals surface area contributed by atoms with E-state index in [4.69, 9.17) is 37.0 Å². The van der Waals surface area contributed by atoms with Gasteiger partial charge in [-0.05, 0) is 64.4 Å². The first-order valence-corrected chi connectivity index (χ1v) is 38.9. The average Bonchev–Trinajstić information content (AvgIpc) is 1.58. The first kappa shape index (κ1) is 123. The van der Waals surface area contributed by atoms with E-state index in [0.717, 1.165) is 88.7 Å². The Labute approximate surface area is 831 Å². The average molecular weight is 2090 g/mol. The van der Waals surface area contributed by atoms with Gasteiger partial charge < -0.3 is 102 Å². The van der Waals surface area contributed by atoms with Crippen LogP contribution in [0.5, 0.6) is 0 Å². The Balaban J connectivity index is -0.000000395. The van der Waals surface area contributed by atoms with E-state index in [2.05, 4.69) is 99.3 Å². The Morgan fingerprint density at radius 2 is 1.16 bits per heavy atom. The second-order valence-corrected chi connectivity index (χ2v) is 32.8. The number of rotatable bonds is 11. The number of carbonyl (C=O) groups excluding carboxylic acids is 8. The Kier molecular flexibility index (Phi) is 57.9. The number of amides is 3. The molecular weight excluding hydrogens is 1960 g/mol. The van der Waals surface area contributed by atoms with Gasteiger partial charge in [-0.1, -0.05) is 125 Å². The maximum absolute atomic E-state index is 12.4. The van der Waals surface area contributed by atoms with Gasteiger partial charge in [0.05, 0.1) is 48.5 Å². The summed E-state index contributed by atoms with van der Waals surface area (Å²) in [6, 6.07) is -0.320. The molecule has 9 saturated heterocycles. The summed E-state index contributed by atoms with van der Waals surface area (Å²) in [7, 11) is 3.25. The van der Waals surface area contributed by atoms with E-state index >= 15 is 0 Å². The molecule has 0 aromatic carbocycles. The number of hydrogen-bond acceptors (Lipinski definition) is 21. The van der Waals surface area contributed by atoms with E-state index < -0.39 is 61.3 Å². The summed E-state index contributed by atoms with van der Waals surface area (Å²) < 4.78 is 84.4. The van der Waals surface area contributed by atoms with E-state index in [-0.39, 0.29) is 310 Å². The Hall–Kier alpha value is 0.448. The first-order chi connectivity index (χ1) is 49.9. The molecule has 9 fully saturated rings. The van der Waals surface area contributed by atoms with Crippen molar-refractivity contribution in [3.05, 3.63) is 61.0 Å². The fraction of sp³-hybridized carbons (Fsp3) is 0.740. The van der Waals surface area contributed by atoms with E-state index in [1.807, 2.05) is 80.1 Å². The largest absolute Gasteiger partial charge is 0.534 e. The van der Waals surface area contributed by atoms with Crippen molar-refractivity contribution < 1.29 is 299 Å². The van der Waals surface area contributed by atoms with E-state index in [1.54, 1.807) is 32.1 Å². The summed E-state index contributed by atoms with van der Waals surface area (Å²) >= 11 is 0. The van der Waals surface area contributed by atoms with Crippen LogP contribution in [-0.4, -0.2) is 228 Å². The summed E-state index contributed by atoms with van der Waals surface area (Å²) in [6.45, 7) is 45.5.